The maximum Gasteiger partial charge on any atom is 0.277 e. The topological polar surface area (TPSA) is 85.3 Å². The number of aryl methyl sites for hydroxylation is 1. The molecule has 0 aromatic carbocycles. The highest BCUT2D eigenvalue weighted by atomic mass is 32.2. The summed E-state index contributed by atoms with van der Waals surface area (Å²) in [5, 5.41) is 11.8. The third kappa shape index (κ3) is 2.89. The van der Waals surface area contributed by atoms with Crippen molar-refractivity contribution in [1.82, 2.24) is 20.3 Å². The first-order chi connectivity index (χ1) is 8.56. The molecule has 0 aliphatic rings. The van der Waals surface area contributed by atoms with Crippen LogP contribution in [0.1, 0.15) is 5.76 Å². The number of thioether (sulfide) groups is 1. The molecule has 2 aromatic heterocycles. The molecule has 0 radical (unpaired) electrons. The molecule has 7 nitrogen and oxygen atoms in total. The molecule has 1 amide bonds. The van der Waals surface area contributed by atoms with E-state index >= 15 is 0 Å². The van der Waals surface area contributed by atoms with Gasteiger partial charge in [-0.3, -0.25) is 4.79 Å². The largest absolute Gasteiger partial charge is 0.409 e. The van der Waals surface area contributed by atoms with Gasteiger partial charge in [-0.1, -0.05) is 16.9 Å². The van der Waals surface area contributed by atoms with Gasteiger partial charge in [0.05, 0.1) is 5.75 Å². The maximum absolute atomic E-state index is 11.4. The van der Waals surface area contributed by atoms with Crippen molar-refractivity contribution in [2.45, 2.75) is 12.1 Å². The van der Waals surface area contributed by atoms with Crippen molar-refractivity contribution < 1.29 is 13.7 Å². The van der Waals surface area contributed by atoms with E-state index in [0.717, 1.165) is 0 Å². The van der Waals surface area contributed by atoms with E-state index in [9.17, 15) is 4.79 Å². The molecular formula is C10H12N4O3S. The van der Waals surface area contributed by atoms with E-state index in [1.807, 2.05) is 0 Å². The first-order valence-corrected chi connectivity index (χ1v) is 6.15. The van der Waals surface area contributed by atoms with Crippen LogP contribution in [0.4, 0.5) is 0 Å². The Hall–Kier alpha value is -1.83. The number of aromatic nitrogens is 3. The molecule has 0 saturated heterocycles. The molecule has 0 aliphatic heterocycles. The molecule has 2 rings (SSSR count). The van der Waals surface area contributed by atoms with Crippen LogP contribution in [0.25, 0.3) is 11.6 Å². The monoisotopic (exact) mass is 268 g/mol. The van der Waals surface area contributed by atoms with E-state index in [1.54, 1.807) is 27.1 Å². The Balaban J connectivity index is 2.00. The first kappa shape index (κ1) is 12.6. The van der Waals surface area contributed by atoms with Crippen molar-refractivity contribution in [3.05, 3.63) is 11.8 Å². The van der Waals surface area contributed by atoms with Crippen molar-refractivity contribution in [1.29, 1.82) is 0 Å². The Bertz CT molecular complexity index is 549. The highest BCUT2D eigenvalue weighted by Crippen LogP contribution is 2.22. The van der Waals surface area contributed by atoms with Crippen LogP contribution in [0.5, 0.6) is 0 Å². The fourth-order valence-corrected chi connectivity index (χ4v) is 1.83. The summed E-state index contributed by atoms with van der Waals surface area (Å²) in [6, 6.07) is 1.70. The van der Waals surface area contributed by atoms with E-state index in [4.69, 9.17) is 8.94 Å². The van der Waals surface area contributed by atoms with Crippen LogP contribution in [-0.4, -0.2) is 46.0 Å². The molecule has 96 valence electrons. The Kier molecular flexibility index (Phi) is 3.66. The number of amides is 1. The lowest BCUT2D eigenvalue weighted by Gasteiger charge is -2.07. The van der Waals surface area contributed by atoms with Crippen molar-refractivity contribution in [3.8, 4) is 11.6 Å². The molecule has 2 heterocycles. The summed E-state index contributed by atoms with van der Waals surface area (Å²) in [5.74, 6) is 1.19. The normalized spacial score (nSPS) is 10.6. The van der Waals surface area contributed by atoms with Gasteiger partial charge < -0.3 is 13.8 Å². The molecule has 0 unspecified atom stereocenters. The number of carbonyl (C=O) groups is 1. The van der Waals surface area contributed by atoms with Crippen LogP contribution in [0, 0.1) is 6.92 Å². The number of carbonyl (C=O) groups excluding carboxylic acids is 1. The van der Waals surface area contributed by atoms with Gasteiger partial charge >= 0.3 is 0 Å². The fourth-order valence-electron chi connectivity index (χ4n) is 1.09. The zero-order valence-corrected chi connectivity index (χ0v) is 11.0. The number of nitrogens with zero attached hydrogens (tertiary/aromatic N) is 4. The summed E-state index contributed by atoms with van der Waals surface area (Å²) in [6.45, 7) is 1.78. The van der Waals surface area contributed by atoms with Crippen molar-refractivity contribution in [2.24, 2.45) is 0 Å². The summed E-state index contributed by atoms with van der Waals surface area (Å²) in [6.07, 6.45) is 0. The minimum atomic E-state index is -0.0166. The van der Waals surface area contributed by atoms with Gasteiger partial charge in [-0.25, -0.2) is 0 Å². The molecule has 0 aliphatic carbocycles. The minimum absolute atomic E-state index is 0.0166. The maximum atomic E-state index is 11.4. The van der Waals surface area contributed by atoms with Gasteiger partial charge in [0.2, 0.25) is 5.91 Å². The van der Waals surface area contributed by atoms with Crippen LogP contribution >= 0.6 is 11.8 Å². The third-order valence-corrected chi connectivity index (χ3v) is 2.87. The summed E-state index contributed by atoms with van der Waals surface area (Å²) >= 11 is 1.19. The molecule has 18 heavy (non-hydrogen) atoms. The van der Waals surface area contributed by atoms with E-state index in [1.165, 1.54) is 16.7 Å². The second kappa shape index (κ2) is 5.21. The molecule has 0 N–H and O–H groups in total. The summed E-state index contributed by atoms with van der Waals surface area (Å²) in [5.41, 5.74) is 0.491. The van der Waals surface area contributed by atoms with Crippen molar-refractivity contribution >= 4 is 17.7 Å². The van der Waals surface area contributed by atoms with Crippen LogP contribution in [-0.2, 0) is 4.79 Å². The summed E-state index contributed by atoms with van der Waals surface area (Å²) in [4.78, 5) is 12.9. The zero-order valence-electron chi connectivity index (χ0n) is 10.2. The molecule has 0 bridgehead atoms. The Labute approximate surface area is 108 Å². The lowest BCUT2D eigenvalue weighted by atomic mass is 10.4. The Morgan fingerprint density at radius 1 is 1.44 bits per heavy atom. The predicted octanol–water partition coefficient (Wildman–Crippen LogP) is 1.21. The second-order valence-electron chi connectivity index (χ2n) is 3.77. The smallest absolute Gasteiger partial charge is 0.277 e. The predicted molar refractivity (Wildman–Crippen MR) is 64.0 cm³/mol. The van der Waals surface area contributed by atoms with Gasteiger partial charge in [0.1, 0.15) is 5.76 Å². The second-order valence-corrected chi connectivity index (χ2v) is 4.70. The SMILES string of the molecule is Cc1cc(-c2nnc(SCC(=O)N(C)C)o2)no1. The van der Waals surface area contributed by atoms with E-state index in [0.29, 0.717) is 16.7 Å². The van der Waals surface area contributed by atoms with Crippen molar-refractivity contribution in [2.75, 3.05) is 19.8 Å². The Morgan fingerprint density at radius 3 is 2.83 bits per heavy atom. The Morgan fingerprint density at radius 2 is 2.22 bits per heavy atom. The highest BCUT2D eigenvalue weighted by molar-refractivity contribution is 7.99. The number of rotatable bonds is 4. The van der Waals surface area contributed by atoms with Gasteiger partial charge in [0, 0.05) is 20.2 Å². The van der Waals surface area contributed by atoms with Crippen LogP contribution in [0.2, 0.25) is 0 Å². The van der Waals surface area contributed by atoms with E-state index in [2.05, 4.69) is 15.4 Å². The van der Waals surface area contributed by atoms with Crippen LogP contribution in [0.3, 0.4) is 0 Å². The lowest BCUT2D eigenvalue weighted by molar-refractivity contribution is -0.125. The molecule has 8 heteroatoms. The van der Waals surface area contributed by atoms with Gasteiger partial charge in [-0.15, -0.1) is 10.2 Å². The third-order valence-electron chi connectivity index (χ3n) is 2.07. The summed E-state index contributed by atoms with van der Waals surface area (Å²) < 4.78 is 10.3. The molecule has 0 spiro atoms. The van der Waals surface area contributed by atoms with Gasteiger partial charge in [-0.2, -0.15) is 0 Å². The van der Waals surface area contributed by atoms with Gasteiger partial charge in [0.25, 0.3) is 11.1 Å². The standard InChI is InChI=1S/C10H12N4O3S/c1-6-4-7(13-17-6)9-11-12-10(16-9)18-5-8(15)14(2)3/h4H,5H2,1-3H3. The molecular weight excluding hydrogens is 256 g/mol. The average Bonchev–Trinajstić information content (AvgIpc) is 2.94. The molecule has 0 atom stereocenters. The molecule has 0 saturated carbocycles. The van der Waals surface area contributed by atoms with Gasteiger partial charge in [0.15, 0.2) is 5.69 Å². The van der Waals surface area contributed by atoms with Crippen molar-refractivity contribution in [3.63, 3.8) is 0 Å². The number of hydrogen-bond acceptors (Lipinski definition) is 7. The lowest BCUT2D eigenvalue weighted by Crippen LogP contribution is -2.23. The first-order valence-electron chi connectivity index (χ1n) is 5.16. The zero-order chi connectivity index (χ0) is 13.1. The van der Waals surface area contributed by atoms with Gasteiger partial charge in [-0.05, 0) is 6.92 Å². The highest BCUT2D eigenvalue weighted by Gasteiger charge is 2.14. The van der Waals surface area contributed by atoms with Crippen LogP contribution < -0.4 is 0 Å². The van der Waals surface area contributed by atoms with E-state index in [-0.39, 0.29) is 17.6 Å². The quantitative estimate of drug-likeness (QED) is 0.770. The average molecular weight is 268 g/mol. The number of hydrogen-bond donors (Lipinski definition) is 0. The molecule has 2 aromatic rings. The minimum Gasteiger partial charge on any atom is -0.409 e. The molecule has 0 fully saturated rings. The van der Waals surface area contributed by atoms with Crippen LogP contribution in [0.15, 0.2) is 20.2 Å². The van der Waals surface area contributed by atoms with E-state index < -0.39 is 0 Å². The summed E-state index contributed by atoms with van der Waals surface area (Å²) in [7, 11) is 3.39. The fraction of sp³-hybridized carbons (Fsp3) is 0.400.